The maximum atomic E-state index is 6.40. The van der Waals surface area contributed by atoms with Gasteiger partial charge in [0, 0.05) is 36.1 Å². The zero-order chi connectivity index (χ0) is 17.1. The van der Waals surface area contributed by atoms with Gasteiger partial charge in [-0.1, -0.05) is 23.2 Å². The van der Waals surface area contributed by atoms with E-state index in [0.29, 0.717) is 39.1 Å². The second-order valence-electron chi connectivity index (χ2n) is 4.79. The molecule has 0 radical (unpaired) electrons. The first-order chi connectivity index (χ1) is 11.6. The van der Waals surface area contributed by atoms with Crippen LogP contribution >= 0.6 is 23.2 Å². The average molecular weight is 365 g/mol. The van der Waals surface area contributed by atoms with E-state index in [9.17, 15) is 0 Å². The molecular weight excluding hydrogens is 351 g/mol. The zero-order valence-corrected chi connectivity index (χ0v) is 14.4. The molecule has 0 aliphatic heterocycles. The van der Waals surface area contributed by atoms with Gasteiger partial charge in [-0.2, -0.15) is 4.98 Å². The third kappa shape index (κ3) is 3.37. The normalized spacial score (nSPS) is 10.5. The van der Waals surface area contributed by atoms with E-state index in [2.05, 4.69) is 30.8 Å². The summed E-state index contributed by atoms with van der Waals surface area (Å²) in [5, 5.41) is 13.6. The van der Waals surface area contributed by atoms with Crippen molar-refractivity contribution in [1.29, 1.82) is 0 Å². The highest BCUT2D eigenvalue weighted by atomic mass is 35.5. The van der Waals surface area contributed by atoms with E-state index in [1.165, 1.54) is 0 Å². The Morgan fingerprint density at radius 2 is 1.92 bits per heavy atom. The highest BCUT2D eigenvalue weighted by molar-refractivity contribution is 6.39. The standard InChI is InChI=1S/C15H14Cl2N6O/c1-18-14-21-15(23-22-14)20-9-5-10(16)13(11(17)6-9)8-3-4-12(24-2)19-7-8/h3-7H,1-2H3,(H3,18,20,21,22,23). The highest BCUT2D eigenvalue weighted by Gasteiger charge is 2.12. The summed E-state index contributed by atoms with van der Waals surface area (Å²) >= 11 is 12.8. The highest BCUT2D eigenvalue weighted by Crippen LogP contribution is 2.37. The number of pyridine rings is 1. The minimum atomic E-state index is 0.477. The SMILES string of the molecule is CNc1n[nH]c(Nc2cc(Cl)c(-c3ccc(OC)nc3)c(Cl)c2)n1. The van der Waals surface area contributed by atoms with Crippen LogP contribution in [0.15, 0.2) is 30.5 Å². The minimum Gasteiger partial charge on any atom is -0.481 e. The molecule has 9 heteroatoms. The number of methoxy groups -OCH3 is 1. The molecule has 0 amide bonds. The van der Waals surface area contributed by atoms with E-state index >= 15 is 0 Å². The molecule has 0 aliphatic carbocycles. The lowest BCUT2D eigenvalue weighted by molar-refractivity contribution is 0.398. The summed E-state index contributed by atoms with van der Waals surface area (Å²) in [5.41, 5.74) is 2.19. The predicted octanol–water partition coefficient (Wildman–Crippen LogP) is 3.97. The largest absolute Gasteiger partial charge is 0.481 e. The molecule has 0 unspecified atom stereocenters. The molecule has 3 N–H and O–H groups in total. The number of rotatable bonds is 5. The molecular formula is C15H14Cl2N6O. The van der Waals surface area contributed by atoms with Crippen molar-refractivity contribution in [3.05, 3.63) is 40.5 Å². The van der Waals surface area contributed by atoms with Crippen molar-refractivity contribution in [2.24, 2.45) is 0 Å². The number of H-pyrrole nitrogens is 1. The summed E-state index contributed by atoms with van der Waals surface area (Å²) in [4.78, 5) is 8.36. The summed E-state index contributed by atoms with van der Waals surface area (Å²) in [6.07, 6.45) is 1.66. The smallest absolute Gasteiger partial charge is 0.243 e. The fraction of sp³-hybridized carbons (Fsp3) is 0.133. The molecule has 2 aromatic heterocycles. The van der Waals surface area contributed by atoms with Crippen LogP contribution in [-0.4, -0.2) is 34.3 Å². The number of nitrogens with one attached hydrogen (secondary N) is 3. The number of anilines is 3. The van der Waals surface area contributed by atoms with Gasteiger partial charge < -0.3 is 15.4 Å². The monoisotopic (exact) mass is 364 g/mol. The Hall–Kier alpha value is -2.51. The summed E-state index contributed by atoms with van der Waals surface area (Å²) in [6.45, 7) is 0. The van der Waals surface area contributed by atoms with E-state index in [-0.39, 0.29) is 0 Å². The molecule has 0 aliphatic rings. The number of nitrogens with zero attached hydrogens (tertiary/aromatic N) is 3. The van der Waals surface area contributed by atoms with Crippen LogP contribution in [0, 0.1) is 0 Å². The van der Waals surface area contributed by atoms with E-state index in [1.807, 2.05) is 6.07 Å². The number of hydrogen-bond acceptors (Lipinski definition) is 6. The lowest BCUT2D eigenvalue weighted by atomic mass is 10.1. The number of benzene rings is 1. The van der Waals surface area contributed by atoms with Gasteiger partial charge in [-0.25, -0.2) is 10.1 Å². The lowest BCUT2D eigenvalue weighted by Gasteiger charge is -2.11. The Morgan fingerprint density at radius 3 is 2.46 bits per heavy atom. The topological polar surface area (TPSA) is 87.8 Å². The molecule has 0 atom stereocenters. The Labute approximate surface area is 148 Å². The number of aromatic nitrogens is 4. The van der Waals surface area contributed by atoms with E-state index in [1.54, 1.807) is 38.6 Å². The van der Waals surface area contributed by atoms with Gasteiger partial charge in [-0.05, 0) is 18.2 Å². The summed E-state index contributed by atoms with van der Waals surface area (Å²) in [6, 6.07) is 7.12. The van der Waals surface area contributed by atoms with Crippen LogP contribution in [0.4, 0.5) is 17.6 Å². The van der Waals surface area contributed by atoms with Crippen molar-refractivity contribution in [1.82, 2.24) is 20.2 Å². The molecule has 3 aromatic rings. The number of halogens is 2. The third-order valence-corrected chi connectivity index (χ3v) is 3.84. The van der Waals surface area contributed by atoms with Crippen LogP contribution in [0.25, 0.3) is 11.1 Å². The quantitative estimate of drug-likeness (QED) is 0.634. The fourth-order valence-corrected chi connectivity index (χ4v) is 2.84. The van der Waals surface area contributed by atoms with Gasteiger partial charge >= 0.3 is 0 Å². The van der Waals surface area contributed by atoms with Crippen molar-refractivity contribution < 1.29 is 4.74 Å². The molecule has 1 aromatic carbocycles. The molecule has 124 valence electrons. The Bertz CT molecular complexity index is 826. The van der Waals surface area contributed by atoms with Gasteiger partial charge in [0.15, 0.2) is 0 Å². The fourth-order valence-electron chi connectivity index (χ4n) is 2.14. The molecule has 3 rings (SSSR count). The molecule has 0 spiro atoms. The van der Waals surface area contributed by atoms with Crippen LogP contribution in [0.5, 0.6) is 5.88 Å². The zero-order valence-electron chi connectivity index (χ0n) is 12.9. The van der Waals surface area contributed by atoms with Crippen molar-refractivity contribution in [2.45, 2.75) is 0 Å². The van der Waals surface area contributed by atoms with Gasteiger partial charge in [0.1, 0.15) is 0 Å². The molecule has 0 fully saturated rings. The van der Waals surface area contributed by atoms with Gasteiger partial charge in [0.2, 0.25) is 17.8 Å². The first kappa shape index (κ1) is 16.4. The number of aromatic amines is 1. The predicted molar refractivity (Wildman–Crippen MR) is 95.5 cm³/mol. The molecule has 24 heavy (non-hydrogen) atoms. The molecule has 2 heterocycles. The Balaban J connectivity index is 1.90. The molecule has 0 saturated heterocycles. The van der Waals surface area contributed by atoms with Crippen LogP contribution in [0.3, 0.4) is 0 Å². The van der Waals surface area contributed by atoms with E-state index in [4.69, 9.17) is 27.9 Å². The van der Waals surface area contributed by atoms with Crippen LogP contribution in [-0.2, 0) is 0 Å². The van der Waals surface area contributed by atoms with Gasteiger partial charge in [0.25, 0.3) is 0 Å². The first-order valence-corrected chi connectivity index (χ1v) is 7.73. The third-order valence-electron chi connectivity index (χ3n) is 3.25. The van der Waals surface area contributed by atoms with Gasteiger partial charge in [-0.3, -0.25) is 0 Å². The second kappa shape index (κ2) is 6.94. The van der Waals surface area contributed by atoms with Gasteiger partial charge in [0.05, 0.1) is 17.2 Å². The second-order valence-corrected chi connectivity index (χ2v) is 5.60. The summed E-state index contributed by atoms with van der Waals surface area (Å²) in [7, 11) is 3.30. The van der Waals surface area contributed by atoms with Crippen molar-refractivity contribution in [3.8, 4) is 17.0 Å². The van der Waals surface area contributed by atoms with Crippen LogP contribution in [0.2, 0.25) is 10.0 Å². The van der Waals surface area contributed by atoms with Crippen LogP contribution in [0.1, 0.15) is 0 Å². The Morgan fingerprint density at radius 1 is 1.17 bits per heavy atom. The van der Waals surface area contributed by atoms with Crippen LogP contribution < -0.4 is 15.4 Å². The van der Waals surface area contributed by atoms with Crippen molar-refractivity contribution in [2.75, 3.05) is 24.8 Å². The maximum Gasteiger partial charge on any atom is 0.243 e. The van der Waals surface area contributed by atoms with E-state index in [0.717, 1.165) is 5.56 Å². The first-order valence-electron chi connectivity index (χ1n) is 6.97. The van der Waals surface area contributed by atoms with E-state index < -0.39 is 0 Å². The minimum absolute atomic E-state index is 0.477. The summed E-state index contributed by atoms with van der Waals surface area (Å²) in [5.74, 6) is 1.48. The summed E-state index contributed by atoms with van der Waals surface area (Å²) < 4.78 is 5.05. The van der Waals surface area contributed by atoms with Crippen molar-refractivity contribution >= 4 is 40.8 Å². The maximum absolute atomic E-state index is 6.40. The van der Waals surface area contributed by atoms with Gasteiger partial charge in [-0.15, -0.1) is 5.10 Å². The average Bonchev–Trinajstić information content (AvgIpc) is 3.02. The molecule has 0 saturated carbocycles. The number of ether oxygens (including phenoxy) is 1. The van der Waals surface area contributed by atoms with Crippen molar-refractivity contribution in [3.63, 3.8) is 0 Å². The Kier molecular flexibility index (Phi) is 4.73. The number of hydrogen-bond donors (Lipinski definition) is 3. The molecule has 7 nitrogen and oxygen atoms in total. The lowest BCUT2D eigenvalue weighted by Crippen LogP contribution is -1.95. The molecule has 0 bridgehead atoms.